The minimum atomic E-state index is -1.36. The van der Waals surface area contributed by atoms with Gasteiger partial charge in [0.15, 0.2) is 0 Å². The predicted octanol–water partition coefficient (Wildman–Crippen LogP) is 5.37. The highest BCUT2D eigenvalue weighted by atomic mass is 32.1. The number of carbonyl (C=O) groups is 12. The fourth-order valence-electron chi connectivity index (χ4n) is 12.5. The molecule has 106 heavy (non-hydrogen) atoms. The molecule has 0 unspecified atom stereocenters. The van der Waals surface area contributed by atoms with Crippen molar-refractivity contribution in [3.8, 4) is 0 Å². The van der Waals surface area contributed by atoms with Crippen LogP contribution in [0.3, 0.4) is 0 Å². The van der Waals surface area contributed by atoms with Gasteiger partial charge in [-0.3, -0.25) is 47.9 Å². The molecule has 12 amide bonds. The van der Waals surface area contributed by atoms with Crippen molar-refractivity contribution in [2.75, 3.05) is 37.7 Å². The number of amides is 12. The first-order valence-electron chi connectivity index (χ1n) is 37.8. The van der Waals surface area contributed by atoms with E-state index in [9.17, 15) is 57.5 Å². The zero-order valence-corrected chi connectivity index (χ0v) is 65.5. The second-order valence-electron chi connectivity index (χ2n) is 30.6. The van der Waals surface area contributed by atoms with E-state index in [0.717, 1.165) is 25.7 Å². The second kappa shape index (κ2) is 45.8. The van der Waals surface area contributed by atoms with E-state index in [1.165, 1.54) is 0 Å². The number of hydrogen-bond donors (Lipinski definition) is 14. The molecule has 3 aliphatic rings. The Morgan fingerprint density at radius 1 is 0.472 bits per heavy atom. The second-order valence-corrected chi connectivity index (χ2v) is 31.5. The van der Waals surface area contributed by atoms with Crippen LogP contribution >= 0.6 is 25.3 Å². The number of ether oxygens (including phenoxy) is 4. The summed E-state index contributed by atoms with van der Waals surface area (Å²) in [6, 6.07) is 8.42. The van der Waals surface area contributed by atoms with Crippen LogP contribution in [0.1, 0.15) is 196 Å². The topological polar surface area (TPSA) is 386 Å². The third-order valence-electron chi connectivity index (χ3n) is 17.8. The number of fused-ring (bicyclic) bond motifs is 4. The number of rotatable bonds is 34. The molecule has 0 radical (unpaired) electrons. The molecule has 0 aromatic heterocycles. The summed E-state index contributed by atoms with van der Waals surface area (Å²) in [7, 11) is 0. The molecule has 3 aliphatic heterocycles. The number of carbonyl (C=O) groups excluding carboxylic acids is 12. The standard InChI is InChI=1S/C76H120N12O16S2/c1-47(2)39-55-65(91)79-45-61-53(83-67(93)51(81-63(89)33-19-13-25-37-105)31-21-23-35-77-73(99)103-75(5,6)7)43-60(101-61)72(98)88-58(42-50-29-17-12-18-30-50)70(96)86-56(40-48(3)4)66(92)80-46-62-54(44-59(102-62)71(97)87-57(69(95)85-55)41-49-27-15-11-16-28-49)84-68(94)52(82-64(90)34-20-14-26-38-106)32-22-24-36-78-74(100)104-76(8,9)10/h11-12,15-18,27-30,47-48,51-62,105-106H,13-14,19-26,31-46H2,1-10H3,(H,77,99)(H,78,100)(H,79,91)(H,80,92)(H,81,89)(H,82,90)(H,83,93)(H,84,94)(H,85,95)(H,86,96)(H,87,97)(H,88,98)/t51-,52-,53-,54-,55-,56-,57-,58-,59-,60-,61+,62+/m0/s1. The van der Waals surface area contributed by atoms with E-state index in [1.54, 1.807) is 102 Å². The maximum atomic E-state index is 14.9. The van der Waals surface area contributed by atoms with E-state index < -0.39 is 143 Å². The summed E-state index contributed by atoms with van der Waals surface area (Å²) < 4.78 is 23.8. The van der Waals surface area contributed by atoms with Crippen molar-refractivity contribution in [2.45, 2.75) is 282 Å². The first-order chi connectivity index (χ1) is 50.3. The SMILES string of the molecule is CC(C)C[C@@H]1NC(=O)[C@H](Cc2ccccc2)NC(=O)[C@@H]2C[C@H](NC(=O)[C@H](CCCCNC(=O)OC(C)(C)C)NC(=O)CCCCCS)[C@@H](CNC(=O)[C@H](CC(C)C)NC(=O)[C@H](Cc3ccccc3)NC(=O)[C@@H]3C[C@H](NC(=O)[C@H](CCCCNC(=O)OC(C)(C)C)NC(=O)CCCCCS)[C@@H](CNC1=O)O3)O2. The van der Waals surface area contributed by atoms with Crippen LogP contribution in [-0.4, -0.2) is 193 Å². The molecule has 0 aliphatic carbocycles. The Hall–Kier alpha value is -7.70. The molecular formula is C76H120N12O16S2. The zero-order chi connectivity index (χ0) is 77.9. The molecule has 3 heterocycles. The van der Waals surface area contributed by atoms with Gasteiger partial charge in [0.05, 0.1) is 24.3 Å². The largest absolute Gasteiger partial charge is 0.444 e. The molecule has 28 nitrogen and oxygen atoms in total. The summed E-state index contributed by atoms with van der Waals surface area (Å²) in [5, 5.41) is 34.5. The van der Waals surface area contributed by atoms with E-state index in [2.05, 4.69) is 89.1 Å². The smallest absolute Gasteiger partial charge is 0.407 e. The van der Waals surface area contributed by atoms with Crippen molar-refractivity contribution < 1.29 is 76.5 Å². The van der Waals surface area contributed by atoms with Crippen LogP contribution in [0.4, 0.5) is 9.59 Å². The lowest BCUT2D eigenvalue weighted by atomic mass is 10.00. The summed E-state index contributed by atoms with van der Waals surface area (Å²) in [6.45, 7) is 17.7. The van der Waals surface area contributed by atoms with Gasteiger partial charge in [0.25, 0.3) is 0 Å². The Morgan fingerprint density at radius 2 is 0.830 bits per heavy atom. The van der Waals surface area contributed by atoms with Crippen LogP contribution in [0.15, 0.2) is 60.7 Å². The Morgan fingerprint density at radius 3 is 1.17 bits per heavy atom. The molecule has 0 saturated carbocycles. The Bertz CT molecular complexity index is 2950. The third-order valence-corrected chi connectivity index (χ3v) is 18.5. The number of unbranched alkanes of at least 4 members (excludes halogenated alkanes) is 6. The average Bonchev–Trinajstić information content (AvgIpc) is 1.67. The molecule has 12 atom stereocenters. The van der Waals surface area contributed by atoms with Crippen LogP contribution < -0.4 is 63.8 Å². The summed E-state index contributed by atoms with van der Waals surface area (Å²) in [5.74, 6) is -5.35. The number of benzene rings is 2. The lowest BCUT2D eigenvalue weighted by molar-refractivity contribution is -0.138. The van der Waals surface area contributed by atoms with Gasteiger partial charge in [0.1, 0.15) is 59.7 Å². The van der Waals surface area contributed by atoms with Gasteiger partial charge < -0.3 is 82.7 Å². The van der Waals surface area contributed by atoms with Crippen molar-refractivity contribution in [3.63, 3.8) is 0 Å². The lowest BCUT2D eigenvalue weighted by Crippen LogP contribution is -2.57. The highest BCUT2D eigenvalue weighted by Gasteiger charge is 2.45. The molecule has 30 heteroatoms. The van der Waals surface area contributed by atoms with Crippen molar-refractivity contribution in [2.24, 2.45) is 11.8 Å². The zero-order valence-electron chi connectivity index (χ0n) is 63.7. The fourth-order valence-corrected chi connectivity index (χ4v) is 12.9. The van der Waals surface area contributed by atoms with E-state index in [4.69, 9.17) is 18.9 Å². The summed E-state index contributed by atoms with van der Waals surface area (Å²) in [5.41, 5.74) is -0.151. The highest BCUT2D eigenvalue weighted by molar-refractivity contribution is 7.80. The van der Waals surface area contributed by atoms with Gasteiger partial charge in [-0.15, -0.1) is 0 Å². The summed E-state index contributed by atoms with van der Waals surface area (Å²) in [4.78, 5) is 171. The minimum absolute atomic E-state index is 0.0551. The fraction of sp³-hybridized carbons (Fsp3) is 0.684. The lowest BCUT2D eigenvalue weighted by Gasteiger charge is -2.27. The molecule has 0 spiro atoms. The van der Waals surface area contributed by atoms with Crippen molar-refractivity contribution in [1.82, 2.24) is 63.8 Å². The van der Waals surface area contributed by atoms with E-state index in [-0.39, 0.29) is 114 Å². The van der Waals surface area contributed by atoms with E-state index in [1.807, 2.05) is 27.7 Å². The number of thiol groups is 2. The third kappa shape index (κ3) is 34.0. The van der Waals surface area contributed by atoms with Gasteiger partial charge in [-0.2, -0.15) is 25.3 Å². The predicted molar refractivity (Wildman–Crippen MR) is 408 cm³/mol. The van der Waals surface area contributed by atoms with Crippen molar-refractivity contribution in [3.05, 3.63) is 71.8 Å². The van der Waals surface area contributed by atoms with Gasteiger partial charge in [0.2, 0.25) is 59.1 Å². The molecule has 592 valence electrons. The molecule has 2 aromatic rings. The maximum absolute atomic E-state index is 14.9. The van der Waals surface area contributed by atoms with Gasteiger partial charge in [-0.25, -0.2) is 9.59 Å². The number of nitrogens with one attached hydrogen (secondary N) is 12. The Kier molecular flexibility index (Phi) is 38.5. The van der Waals surface area contributed by atoms with Crippen LogP contribution in [0, 0.1) is 11.8 Å². The quantitative estimate of drug-likeness (QED) is 0.0309. The van der Waals surface area contributed by atoms with Gasteiger partial charge in [0, 0.05) is 64.7 Å². The summed E-state index contributed by atoms with van der Waals surface area (Å²) in [6.07, 6.45) is -0.134. The first kappa shape index (κ1) is 88.9. The number of hydrogen-bond acceptors (Lipinski definition) is 18. The summed E-state index contributed by atoms with van der Waals surface area (Å²) >= 11 is 8.58. The molecule has 3 saturated heterocycles. The molecule has 2 aromatic carbocycles. The van der Waals surface area contributed by atoms with Crippen molar-refractivity contribution >= 4 is 96.5 Å². The maximum Gasteiger partial charge on any atom is 0.407 e. The van der Waals surface area contributed by atoms with Crippen LogP contribution in [0.5, 0.6) is 0 Å². The normalized spacial score (nSPS) is 22.7. The molecule has 5 rings (SSSR count). The van der Waals surface area contributed by atoms with Crippen molar-refractivity contribution in [1.29, 1.82) is 0 Å². The molecule has 3 fully saturated rings. The van der Waals surface area contributed by atoms with Gasteiger partial charge in [-0.1, -0.05) is 101 Å². The Balaban J connectivity index is 1.53. The Labute approximate surface area is 636 Å². The molecule has 12 N–H and O–H groups in total. The van der Waals surface area contributed by atoms with E-state index >= 15 is 0 Å². The molecular weight excluding hydrogens is 1400 g/mol. The van der Waals surface area contributed by atoms with Crippen LogP contribution in [0.2, 0.25) is 0 Å². The highest BCUT2D eigenvalue weighted by Crippen LogP contribution is 2.25. The monoisotopic (exact) mass is 1520 g/mol. The minimum Gasteiger partial charge on any atom is -0.444 e. The van der Waals surface area contributed by atoms with Crippen LogP contribution in [0.25, 0.3) is 0 Å². The van der Waals surface area contributed by atoms with Gasteiger partial charge >= 0.3 is 12.2 Å². The first-order valence-corrected chi connectivity index (χ1v) is 39.1. The molecule has 4 bridgehead atoms. The van der Waals surface area contributed by atoms with E-state index in [0.29, 0.717) is 61.2 Å². The van der Waals surface area contributed by atoms with Crippen LogP contribution in [-0.2, 0) is 79.7 Å². The van der Waals surface area contributed by atoms with Gasteiger partial charge in [-0.05, 0) is 153 Å². The average molecular weight is 1520 g/mol. The number of alkyl carbamates (subject to hydrolysis) is 2.